The van der Waals surface area contributed by atoms with Crippen LogP contribution in [-0.4, -0.2) is 48.1 Å². The number of carbonyl (C=O) groups excluding carboxylic acids is 2. The predicted octanol–water partition coefficient (Wildman–Crippen LogP) is -0.127. The first kappa shape index (κ1) is 13.4. The Labute approximate surface area is 87.8 Å². The summed E-state index contributed by atoms with van der Waals surface area (Å²) in [6.07, 6.45) is -0.375. The van der Waals surface area contributed by atoms with Crippen LogP contribution >= 0.6 is 0 Å². The first-order valence-corrected chi connectivity index (χ1v) is 4.52. The number of amides is 1. The third kappa shape index (κ3) is 7.48. The second-order valence-corrected chi connectivity index (χ2v) is 3.05. The second kappa shape index (κ2) is 6.80. The van der Waals surface area contributed by atoms with E-state index in [4.69, 9.17) is 9.84 Å². The number of esters is 1. The number of carboxylic acid groups (broad SMARTS) is 1. The van der Waals surface area contributed by atoms with Crippen LogP contribution in [0.3, 0.4) is 0 Å². The fraction of sp³-hybridized carbons (Fsp3) is 0.667. The molecule has 0 rings (SSSR count). The SMILES string of the molecule is CC(=O)N(C)CCOC(=O)CCC(=O)O. The molecule has 0 saturated carbocycles. The van der Waals surface area contributed by atoms with Crippen molar-refractivity contribution < 1.29 is 24.2 Å². The van der Waals surface area contributed by atoms with Gasteiger partial charge in [-0.25, -0.2) is 0 Å². The average Bonchev–Trinajstić information content (AvgIpc) is 2.14. The molecule has 0 radical (unpaired) electrons. The largest absolute Gasteiger partial charge is 0.481 e. The maximum atomic E-state index is 10.9. The van der Waals surface area contributed by atoms with Gasteiger partial charge in [0.25, 0.3) is 0 Å². The number of likely N-dealkylation sites (N-methyl/N-ethyl adjacent to an activating group) is 1. The Kier molecular flexibility index (Phi) is 6.08. The second-order valence-electron chi connectivity index (χ2n) is 3.05. The number of ether oxygens (including phenoxy) is 1. The summed E-state index contributed by atoms with van der Waals surface area (Å²) in [4.78, 5) is 33.2. The molecule has 0 atom stereocenters. The highest BCUT2D eigenvalue weighted by atomic mass is 16.5. The molecule has 0 saturated heterocycles. The van der Waals surface area contributed by atoms with E-state index in [1.165, 1.54) is 11.8 Å². The van der Waals surface area contributed by atoms with Crippen LogP contribution < -0.4 is 0 Å². The van der Waals surface area contributed by atoms with Crippen molar-refractivity contribution in [2.45, 2.75) is 19.8 Å². The molecule has 0 aliphatic carbocycles. The number of rotatable bonds is 6. The lowest BCUT2D eigenvalue weighted by atomic mass is 10.3. The van der Waals surface area contributed by atoms with Gasteiger partial charge in [-0.2, -0.15) is 0 Å². The number of hydrogen-bond donors (Lipinski definition) is 1. The van der Waals surface area contributed by atoms with Gasteiger partial charge in [-0.05, 0) is 0 Å². The van der Waals surface area contributed by atoms with Gasteiger partial charge in [-0.15, -0.1) is 0 Å². The van der Waals surface area contributed by atoms with E-state index in [1.54, 1.807) is 7.05 Å². The molecule has 0 heterocycles. The minimum Gasteiger partial charge on any atom is -0.481 e. The molecular weight excluding hydrogens is 202 g/mol. The molecule has 15 heavy (non-hydrogen) atoms. The Bertz CT molecular complexity index is 251. The zero-order chi connectivity index (χ0) is 11.8. The van der Waals surface area contributed by atoms with Crippen LogP contribution in [0.1, 0.15) is 19.8 Å². The van der Waals surface area contributed by atoms with Crippen molar-refractivity contribution in [3.05, 3.63) is 0 Å². The van der Waals surface area contributed by atoms with Crippen LogP contribution in [0, 0.1) is 0 Å². The maximum Gasteiger partial charge on any atom is 0.306 e. The van der Waals surface area contributed by atoms with E-state index in [0.29, 0.717) is 6.54 Å². The number of aliphatic carboxylic acids is 1. The van der Waals surface area contributed by atoms with Crippen LogP contribution in [0.5, 0.6) is 0 Å². The van der Waals surface area contributed by atoms with Gasteiger partial charge in [0.05, 0.1) is 19.4 Å². The minimum absolute atomic E-state index is 0.0918. The summed E-state index contributed by atoms with van der Waals surface area (Å²) in [5.74, 6) is -1.71. The normalized spacial score (nSPS) is 9.47. The van der Waals surface area contributed by atoms with Crippen molar-refractivity contribution in [3.8, 4) is 0 Å². The molecule has 1 N–H and O–H groups in total. The lowest BCUT2D eigenvalue weighted by molar-refractivity contribution is -0.148. The molecule has 6 nitrogen and oxygen atoms in total. The zero-order valence-corrected chi connectivity index (χ0v) is 8.86. The standard InChI is InChI=1S/C9H15NO5/c1-7(11)10(2)5-6-15-9(14)4-3-8(12)13/h3-6H2,1-2H3,(H,12,13). The van der Waals surface area contributed by atoms with E-state index in [9.17, 15) is 14.4 Å². The van der Waals surface area contributed by atoms with Crippen LogP contribution in [0.25, 0.3) is 0 Å². The first-order chi connectivity index (χ1) is 6.93. The highest BCUT2D eigenvalue weighted by Crippen LogP contribution is 1.93. The van der Waals surface area contributed by atoms with Crippen molar-refractivity contribution in [3.63, 3.8) is 0 Å². The summed E-state index contributed by atoms with van der Waals surface area (Å²) in [7, 11) is 1.59. The molecule has 1 amide bonds. The lowest BCUT2D eigenvalue weighted by Crippen LogP contribution is -2.28. The molecule has 0 unspecified atom stereocenters. The van der Waals surface area contributed by atoms with E-state index >= 15 is 0 Å². The predicted molar refractivity (Wildman–Crippen MR) is 51.1 cm³/mol. The Balaban J connectivity index is 3.55. The van der Waals surface area contributed by atoms with E-state index in [1.807, 2.05) is 0 Å². The highest BCUT2D eigenvalue weighted by molar-refractivity contribution is 5.76. The fourth-order valence-corrected chi connectivity index (χ4v) is 0.735. The topological polar surface area (TPSA) is 83.9 Å². The summed E-state index contributed by atoms with van der Waals surface area (Å²) >= 11 is 0. The zero-order valence-electron chi connectivity index (χ0n) is 8.86. The quantitative estimate of drug-likeness (QED) is 0.627. The Hall–Kier alpha value is -1.59. The van der Waals surface area contributed by atoms with Crippen molar-refractivity contribution >= 4 is 17.8 Å². The number of carbonyl (C=O) groups is 3. The Morgan fingerprint density at radius 2 is 1.87 bits per heavy atom. The number of carboxylic acids is 1. The minimum atomic E-state index is -1.03. The molecule has 0 aromatic rings. The van der Waals surface area contributed by atoms with Crippen molar-refractivity contribution in [2.75, 3.05) is 20.2 Å². The molecule has 0 aromatic heterocycles. The molecule has 0 aliphatic rings. The van der Waals surface area contributed by atoms with E-state index in [0.717, 1.165) is 0 Å². The van der Waals surface area contributed by atoms with E-state index in [2.05, 4.69) is 0 Å². The lowest BCUT2D eigenvalue weighted by Gasteiger charge is -2.14. The molecule has 6 heteroatoms. The Morgan fingerprint density at radius 1 is 1.27 bits per heavy atom. The average molecular weight is 217 g/mol. The molecule has 0 aliphatic heterocycles. The van der Waals surface area contributed by atoms with Gasteiger partial charge in [0, 0.05) is 14.0 Å². The van der Waals surface area contributed by atoms with E-state index < -0.39 is 11.9 Å². The maximum absolute atomic E-state index is 10.9. The fourth-order valence-electron chi connectivity index (χ4n) is 0.735. The van der Waals surface area contributed by atoms with Gasteiger partial charge in [0.1, 0.15) is 6.61 Å². The van der Waals surface area contributed by atoms with Crippen LogP contribution in [-0.2, 0) is 19.1 Å². The van der Waals surface area contributed by atoms with Crippen molar-refractivity contribution in [2.24, 2.45) is 0 Å². The van der Waals surface area contributed by atoms with Crippen molar-refractivity contribution in [1.29, 1.82) is 0 Å². The van der Waals surface area contributed by atoms with Gasteiger partial charge in [-0.1, -0.05) is 0 Å². The summed E-state index contributed by atoms with van der Waals surface area (Å²) in [5, 5.41) is 8.29. The summed E-state index contributed by atoms with van der Waals surface area (Å²) in [5.41, 5.74) is 0. The molecule has 0 bridgehead atoms. The summed E-state index contributed by atoms with van der Waals surface area (Å²) in [6.45, 7) is 1.81. The van der Waals surface area contributed by atoms with Gasteiger partial charge in [-0.3, -0.25) is 14.4 Å². The van der Waals surface area contributed by atoms with Crippen LogP contribution in [0.4, 0.5) is 0 Å². The summed E-state index contributed by atoms with van der Waals surface area (Å²) in [6, 6.07) is 0. The van der Waals surface area contributed by atoms with Gasteiger partial charge in [0.2, 0.25) is 5.91 Å². The van der Waals surface area contributed by atoms with E-state index in [-0.39, 0.29) is 25.4 Å². The van der Waals surface area contributed by atoms with Gasteiger partial charge >= 0.3 is 11.9 Å². The van der Waals surface area contributed by atoms with Crippen molar-refractivity contribution in [1.82, 2.24) is 4.90 Å². The first-order valence-electron chi connectivity index (χ1n) is 4.52. The third-order valence-electron chi connectivity index (χ3n) is 1.77. The number of hydrogen-bond acceptors (Lipinski definition) is 4. The Morgan fingerprint density at radius 3 is 2.33 bits per heavy atom. The summed E-state index contributed by atoms with van der Waals surface area (Å²) < 4.78 is 4.72. The molecule has 0 spiro atoms. The molecule has 86 valence electrons. The van der Waals surface area contributed by atoms with Gasteiger partial charge in [0.15, 0.2) is 0 Å². The van der Waals surface area contributed by atoms with Crippen LogP contribution in [0.15, 0.2) is 0 Å². The molecular formula is C9H15NO5. The smallest absolute Gasteiger partial charge is 0.306 e. The molecule has 0 fully saturated rings. The van der Waals surface area contributed by atoms with Gasteiger partial charge < -0.3 is 14.7 Å². The highest BCUT2D eigenvalue weighted by Gasteiger charge is 2.07. The third-order valence-corrected chi connectivity index (χ3v) is 1.77. The molecule has 0 aromatic carbocycles. The number of nitrogens with zero attached hydrogens (tertiary/aromatic N) is 1. The van der Waals surface area contributed by atoms with Crippen LogP contribution in [0.2, 0.25) is 0 Å². The monoisotopic (exact) mass is 217 g/mol.